The van der Waals surface area contributed by atoms with Crippen LogP contribution >= 0.6 is 23.2 Å². The molecule has 172 valence electrons. The zero-order valence-electron chi connectivity index (χ0n) is 18.5. The molecule has 6 nitrogen and oxygen atoms in total. The predicted molar refractivity (Wildman–Crippen MR) is 135 cm³/mol. The van der Waals surface area contributed by atoms with E-state index in [1.807, 2.05) is 44.2 Å². The minimum atomic E-state index is -0.637. The molecule has 1 aliphatic rings. The van der Waals surface area contributed by atoms with Crippen molar-refractivity contribution in [3.63, 3.8) is 0 Å². The predicted octanol–water partition coefficient (Wildman–Crippen LogP) is 5.75. The average molecular weight is 494 g/mol. The normalized spacial score (nSPS) is 13.5. The minimum absolute atomic E-state index is 0.0399. The van der Waals surface area contributed by atoms with Gasteiger partial charge in [0.25, 0.3) is 17.7 Å². The third-order valence-corrected chi connectivity index (χ3v) is 6.23. The first-order valence-corrected chi connectivity index (χ1v) is 11.4. The number of amides is 3. The van der Waals surface area contributed by atoms with Gasteiger partial charge in [-0.15, -0.1) is 0 Å². The smallest absolute Gasteiger partial charge is 0.283 e. The lowest BCUT2D eigenvalue weighted by atomic mass is 10.1. The number of hydrogen-bond acceptors (Lipinski definition) is 4. The van der Waals surface area contributed by atoms with Crippen molar-refractivity contribution >= 4 is 58.0 Å². The Hall–Kier alpha value is -3.61. The van der Waals surface area contributed by atoms with Crippen LogP contribution in [-0.4, -0.2) is 24.3 Å². The molecule has 1 heterocycles. The van der Waals surface area contributed by atoms with Crippen molar-refractivity contribution in [2.24, 2.45) is 0 Å². The van der Waals surface area contributed by atoms with Crippen molar-refractivity contribution in [2.45, 2.75) is 13.8 Å². The maximum atomic E-state index is 13.0. The second-order valence-corrected chi connectivity index (χ2v) is 8.44. The third-order valence-electron chi connectivity index (χ3n) is 5.47. The highest BCUT2D eigenvalue weighted by atomic mass is 35.5. The number of imide groups is 1. The molecule has 0 saturated heterocycles. The van der Waals surface area contributed by atoms with Gasteiger partial charge in [-0.3, -0.25) is 14.4 Å². The average Bonchev–Trinajstić information content (AvgIpc) is 3.05. The van der Waals surface area contributed by atoms with Gasteiger partial charge in [0.2, 0.25) is 0 Å². The Morgan fingerprint density at radius 1 is 0.941 bits per heavy atom. The Labute approximate surface area is 207 Å². The molecule has 0 atom stereocenters. The molecule has 0 bridgehead atoms. The molecule has 0 radical (unpaired) electrons. The van der Waals surface area contributed by atoms with Crippen LogP contribution in [0.1, 0.15) is 22.8 Å². The van der Waals surface area contributed by atoms with Gasteiger partial charge < -0.3 is 10.2 Å². The van der Waals surface area contributed by atoms with Crippen molar-refractivity contribution in [2.75, 3.05) is 21.7 Å². The summed E-state index contributed by atoms with van der Waals surface area (Å²) in [6, 6.07) is 20.9. The summed E-state index contributed by atoms with van der Waals surface area (Å²) >= 11 is 12.4. The molecule has 8 heteroatoms. The van der Waals surface area contributed by atoms with Crippen LogP contribution in [-0.2, 0) is 9.59 Å². The molecule has 4 rings (SSSR count). The Morgan fingerprint density at radius 2 is 1.62 bits per heavy atom. The van der Waals surface area contributed by atoms with E-state index in [1.165, 1.54) is 0 Å². The molecule has 0 unspecified atom stereocenters. The summed E-state index contributed by atoms with van der Waals surface area (Å²) in [4.78, 5) is 41.3. The van der Waals surface area contributed by atoms with E-state index in [-0.39, 0.29) is 16.6 Å². The number of hydrogen-bond donors (Lipinski definition) is 1. The van der Waals surface area contributed by atoms with Gasteiger partial charge in [-0.05, 0) is 67.9 Å². The van der Waals surface area contributed by atoms with Crippen LogP contribution in [0, 0.1) is 6.92 Å². The van der Waals surface area contributed by atoms with Gasteiger partial charge in [0.05, 0.1) is 5.69 Å². The molecule has 3 aromatic rings. The molecule has 0 fully saturated rings. The molecule has 0 aromatic heterocycles. The summed E-state index contributed by atoms with van der Waals surface area (Å²) in [5, 5.41) is 3.13. The van der Waals surface area contributed by atoms with Gasteiger partial charge in [-0.1, -0.05) is 47.5 Å². The van der Waals surface area contributed by atoms with Crippen molar-refractivity contribution < 1.29 is 14.4 Å². The number of benzene rings is 3. The topological polar surface area (TPSA) is 69.7 Å². The second kappa shape index (κ2) is 9.71. The lowest BCUT2D eigenvalue weighted by Crippen LogP contribution is -2.32. The van der Waals surface area contributed by atoms with Crippen LogP contribution in [0.2, 0.25) is 5.02 Å². The summed E-state index contributed by atoms with van der Waals surface area (Å²) in [7, 11) is 0. The van der Waals surface area contributed by atoms with Crippen LogP contribution in [0.15, 0.2) is 83.5 Å². The summed E-state index contributed by atoms with van der Waals surface area (Å²) in [5.74, 6) is -1.37. The number of nitrogens with zero attached hydrogens (tertiary/aromatic N) is 2. The Balaban J connectivity index is 1.53. The van der Waals surface area contributed by atoms with Crippen molar-refractivity contribution in [3.8, 4) is 0 Å². The molecule has 0 saturated carbocycles. The summed E-state index contributed by atoms with van der Waals surface area (Å²) in [6.45, 7) is 4.25. The summed E-state index contributed by atoms with van der Waals surface area (Å²) < 4.78 is 0. The summed E-state index contributed by atoms with van der Waals surface area (Å²) in [5.41, 5.74) is 2.92. The van der Waals surface area contributed by atoms with E-state index in [0.29, 0.717) is 28.5 Å². The van der Waals surface area contributed by atoms with E-state index < -0.39 is 11.8 Å². The Morgan fingerprint density at radius 3 is 2.24 bits per heavy atom. The van der Waals surface area contributed by atoms with Gasteiger partial charge >= 0.3 is 0 Å². The van der Waals surface area contributed by atoms with E-state index in [4.69, 9.17) is 23.2 Å². The SMILES string of the molecule is CCN(C(=O)c1ccc(NC2=C(Cl)C(=O)N(c3ccc(C)c(Cl)c3)C2=O)cc1)c1ccccc1. The van der Waals surface area contributed by atoms with Crippen molar-refractivity contribution in [1.29, 1.82) is 0 Å². The maximum absolute atomic E-state index is 13.0. The fourth-order valence-electron chi connectivity index (χ4n) is 3.61. The zero-order chi connectivity index (χ0) is 24.4. The molecule has 3 amide bonds. The number of carbonyl (C=O) groups is 3. The monoisotopic (exact) mass is 493 g/mol. The molecule has 3 aromatic carbocycles. The number of halogens is 2. The molecular weight excluding hydrogens is 473 g/mol. The number of carbonyl (C=O) groups excluding carboxylic acids is 3. The van der Waals surface area contributed by atoms with Crippen LogP contribution in [0.4, 0.5) is 17.1 Å². The third kappa shape index (κ3) is 4.42. The van der Waals surface area contributed by atoms with Crippen LogP contribution in [0.5, 0.6) is 0 Å². The van der Waals surface area contributed by atoms with E-state index in [2.05, 4.69) is 5.32 Å². The number of rotatable bonds is 6. The molecule has 1 aliphatic heterocycles. The van der Waals surface area contributed by atoms with Gasteiger partial charge in [0.1, 0.15) is 10.7 Å². The lowest BCUT2D eigenvalue weighted by molar-refractivity contribution is -0.120. The highest BCUT2D eigenvalue weighted by Crippen LogP contribution is 2.32. The Kier molecular flexibility index (Phi) is 6.72. The molecule has 34 heavy (non-hydrogen) atoms. The van der Waals surface area contributed by atoms with Crippen LogP contribution in [0.3, 0.4) is 0 Å². The van der Waals surface area contributed by atoms with Crippen LogP contribution in [0.25, 0.3) is 0 Å². The number of aryl methyl sites for hydroxylation is 1. The van der Waals surface area contributed by atoms with E-state index in [1.54, 1.807) is 47.4 Å². The number of nitrogens with one attached hydrogen (secondary N) is 1. The lowest BCUT2D eigenvalue weighted by Gasteiger charge is -2.21. The fourth-order valence-corrected chi connectivity index (χ4v) is 4.00. The summed E-state index contributed by atoms with van der Waals surface area (Å²) in [6.07, 6.45) is 0. The van der Waals surface area contributed by atoms with Gasteiger partial charge in [0.15, 0.2) is 0 Å². The minimum Gasteiger partial charge on any atom is -0.350 e. The highest BCUT2D eigenvalue weighted by Gasteiger charge is 2.39. The van der Waals surface area contributed by atoms with E-state index in [0.717, 1.165) is 16.2 Å². The zero-order valence-corrected chi connectivity index (χ0v) is 20.0. The van der Waals surface area contributed by atoms with Gasteiger partial charge in [-0.2, -0.15) is 0 Å². The first-order valence-electron chi connectivity index (χ1n) is 10.6. The second-order valence-electron chi connectivity index (χ2n) is 7.66. The molecule has 0 spiro atoms. The first-order chi connectivity index (χ1) is 16.3. The fraction of sp³-hybridized carbons (Fsp3) is 0.115. The highest BCUT2D eigenvalue weighted by molar-refractivity contribution is 6.53. The molecule has 1 N–H and O–H groups in total. The van der Waals surface area contributed by atoms with Crippen molar-refractivity contribution in [3.05, 3.63) is 99.7 Å². The van der Waals surface area contributed by atoms with Gasteiger partial charge in [-0.25, -0.2) is 4.90 Å². The maximum Gasteiger partial charge on any atom is 0.283 e. The van der Waals surface area contributed by atoms with Crippen LogP contribution < -0.4 is 15.1 Å². The molecule has 0 aliphatic carbocycles. The van der Waals surface area contributed by atoms with E-state index in [9.17, 15) is 14.4 Å². The van der Waals surface area contributed by atoms with Gasteiger partial charge in [0, 0.05) is 28.5 Å². The number of anilines is 3. The van der Waals surface area contributed by atoms with E-state index >= 15 is 0 Å². The number of para-hydroxylation sites is 1. The van der Waals surface area contributed by atoms with Crippen molar-refractivity contribution in [1.82, 2.24) is 0 Å². The quantitative estimate of drug-likeness (QED) is 0.443. The standard InChI is InChI=1S/C26H21Cl2N3O3/c1-3-30(19-7-5-4-6-8-19)24(32)17-10-12-18(13-11-17)29-23-22(28)25(33)31(26(23)34)20-14-9-16(2)21(27)15-20/h4-15,29H,3H2,1-2H3. The first kappa shape index (κ1) is 23.5. The molecular formula is C26H21Cl2N3O3. The largest absolute Gasteiger partial charge is 0.350 e. The Bertz CT molecular complexity index is 1300.